The zero-order chi connectivity index (χ0) is 8.55. The number of hydrogen-bond acceptors (Lipinski definition) is 3. The average Bonchev–Trinajstić information content (AvgIpc) is 2.49. The van der Waals surface area contributed by atoms with Crippen molar-refractivity contribution in [2.45, 2.75) is 6.54 Å². The largest absolute Gasteiger partial charge is 0.325 e. The minimum Gasteiger partial charge on any atom is -0.325 e. The van der Waals surface area contributed by atoms with E-state index < -0.39 is 0 Å². The molecule has 0 aliphatic rings. The Morgan fingerprint density at radius 1 is 1.50 bits per heavy atom. The fourth-order valence-corrected chi connectivity index (χ4v) is 1.97. The lowest BCUT2D eigenvalue weighted by atomic mass is 10.2. The van der Waals surface area contributed by atoms with Crippen LogP contribution in [0.5, 0.6) is 0 Å². The molecule has 12 heavy (non-hydrogen) atoms. The van der Waals surface area contributed by atoms with Crippen LogP contribution in [0.2, 0.25) is 0 Å². The summed E-state index contributed by atoms with van der Waals surface area (Å²) in [6, 6.07) is 4.95. The molecule has 0 radical (unpaired) electrons. The molecule has 0 bridgehead atoms. The van der Waals surface area contributed by atoms with Crippen molar-refractivity contribution in [2.24, 2.45) is 5.73 Å². The predicted molar refractivity (Wildman–Crippen MR) is 47.5 cm³/mol. The highest BCUT2D eigenvalue weighted by Gasteiger charge is 2.07. The number of aromatic nitrogens is 1. The van der Waals surface area contributed by atoms with E-state index >= 15 is 0 Å². The van der Waals surface area contributed by atoms with Gasteiger partial charge in [0.1, 0.15) is 5.82 Å². The van der Waals surface area contributed by atoms with Crippen LogP contribution in [0, 0.1) is 5.82 Å². The second-order valence-corrected chi connectivity index (χ2v) is 3.25. The van der Waals surface area contributed by atoms with Crippen LogP contribution < -0.4 is 5.73 Å². The van der Waals surface area contributed by atoms with Gasteiger partial charge in [0.25, 0.3) is 0 Å². The number of fused-ring (bicyclic) bond motifs is 1. The fraction of sp³-hybridized carbons (Fsp3) is 0.125. The van der Waals surface area contributed by atoms with Crippen LogP contribution in [0.15, 0.2) is 18.2 Å². The molecule has 2 nitrogen and oxygen atoms in total. The Labute approximate surface area is 73.0 Å². The average molecular weight is 182 g/mol. The number of halogens is 1. The molecular formula is C8H7FN2S. The Balaban J connectivity index is 2.83. The van der Waals surface area contributed by atoms with Crippen molar-refractivity contribution in [3.8, 4) is 0 Å². The molecule has 0 atom stereocenters. The standard InChI is InChI=1S/C8H7FN2S/c9-5-2-1-3-7-8(5)6(4-10)11-12-7/h1-3H,4,10H2. The third-order valence-electron chi connectivity index (χ3n) is 1.71. The molecule has 1 aromatic heterocycles. The molecule has 0 saturated carbocycles. The molecule has 2 aromatic rings. The van der Waals surface area contributed by atoms with Crippen molar-refractivity contribution in [1.82, 2.24) is 4.37 Å². The first-order valence-electron chi connectivity index (χ1n) is 3.56. The van der Waals surface area contributed by atoms with Crippen LogP contribution in [0.4, 0.5) is 4.39 Å². The van der Waals surface area contributed by atoms with Gasteiger partial charge >= 0.3 is 0 Å². The SMILES string of the molecule is NCc1nsc2cccc(F)c12. The van der Waals surface area contributed by atoms with Crippen LogP contribution in [0.1, 0.15) is 5.69 Å². The lowest BCUT2D eigenvalue weighted by Gasteiger charge is -1.92. The molecule has 1 aromatic carbocycles. The normalized spacial score (nSPS) is 10.8. The number of hydrogen-bond donors (Lipinski definition) is 1. The van der Waals surface area contributed by atoms with E-state index in [0.29, 0.717) is 17.6 Å². The Kier molecular flexibility index (Phi) is 1.78. The molecule has 0 unspecified atom stereocenters. The van der Waals surface area contributed by atoms with Gasteiger partial charge < -0.3 is 5.73 Å². The van der Waals surface area contributed by atoms with Gasteiger partial charge in [-0.1, -0.05) is 6.07 Å². The van der Waals surface area contributed by atoms with Gasteiger partial charge in [0.15, 0.2) is 0 Å². The molecule has 0 spiro atoms. The van der Waals surface area contributed by atoms with E-state index in [1.54, 1.807) is 6.07 Å². The summed E-state index contributed by atoms with van der Waals surface area (Å²) < 4.78 is 18.1. The zero-order valence-electron chi connectivity index (χ0n) is 6.25. The maximum atomic E-state index is 13.2. The van der Waals surface area contributed by atoms with Gasteiger partial charge in [-0.25, -0.2) is 4.39 Å². The molecule has 1 heterocycles. The molecule has 62 valence electrons. The lowest BCUT2D eigenvalue weighted by Crippen LogP contribution is -1.97. The van der Waals surface area contributed by atoms with E-state index in [-0.39, 0.29) is 5.82 Å². The molecule has 0 amide bonds. The molecular weight excluding hydrogens is 175 g/mol. The molecule has 2 rings (SSSR count). The second kappa shape index (κ2) is 2.80. The van der Waals surface area contributed by atoms with Crippen LogP contribution >= 0.6 is 11.5 Å². The van der Waals surface area contributed by atoms with Crippen LogP contribution in [-0.4, -0.2) is 4.37 Å². The summed E-state index contributed by atoms with van der Waals surface area (Å²) in [6.45, 7) is 0.293. The van der Waals surface area contributed by atoms with Gasteiger partial charge in [-0.15, -0.1) is 0 Å². The zero-order valence-corrected chi connectivity index (χ0v) is 7.07. The van der Waals surface area contributed by atoms with Crippen molar-refractivity contribution in [2.75, 3.05) is 0 Å². The number of nitrogens with zero attached hydrogens (tertiary/aromatic N) is 1. The van der Waals surface area contributed by atoms with Crippen molar-refractivity contribution < 1.29 is 4.39 Å². The van der Waals surface area contributed by atoms with Gasteiger partial charge in [-0.05, 0) is 23.7 Å². The van der Waals surface area contributed by atoms with E-state index in [1.807, 2.05) is 6.07 Å². The fourth-order valence-electron chi connectivity index (χ4n) is 1.15. The van der Waals surface area contributed by atoms with Crippen LogP contribution in [-0.2, 0) is 6.54 Å². The van der Waals surface area contributed by atoms with E-state index in [9.17, 15) is 4.39 Å². The molecule has 4 heteroatoms. The highest BCUT2D eigenvalue weighted by molar-refractivity contribution is 7.13. The summed E-state index contributed by atoms with van der Waals surface area (Å²) in [6.07, 6.45) is 0. The number of benzene rings is 1. The molecule has 0 aliphatic heterocycles. The molecule has 0 aliphatic carbocycles. The minimum absolute atomic E-state index is 0.235. The highest BCUT2D eigenvalue weighted by atomic mass is 32.1. The van der Waals surface area contributed by atoms with E-state index in [2.05, 4.69) is 4.37 Å². The number of rotatable bonds is 1. The van der Waals surface area contributed by atoms with Gasteiger partial charge in [-0.2, -0.15) is 4.37 Å². The summed E-state index contributed by atoms with van der Waals surface area (Å²) in [5.41, 5.74) is 6.05. The molecule has 0 saturated heterocycles. The van der Waals surface area contributed by atoms with Crippen LogP contribution in [0.25, 0.3) is 10.1 Å². The highest BCUT2D eigenvalue weighted by Crippen LogP contribution is 2.24. The Morgan fingerprint density at radius 3 is 3.08 bits per heavy atom. The Bertz CT molecular complexity index is 410. The first kappa shape index (κ1) is 7.64. The summed E-state index contributed by atoms with van der Waals surface area (Å²) in [5, 5.41) is 0.574. The predicted octanol–water partition coefficient (Wildman–Crippen LogP) is 1.89. The Hall–Kier alpha value is -1.00. The minimum atomic E-state index is -0.235. The summed E-state index contributed by atoms with van der Waals surface area (Å²) in [7, 11) is 0. The van der Waals surface area contributed by atoms with Crippen LogP contribution in [0.3, 0.4) is 0 Å². The lowest BCUT2D eigenvalue weighted by molar-refractivity contribution is 0.638. The van der Waals surface area contributed by atoms with E-state index in [4.69, 9.17) is 5.73 Å². The quantitative estimate of drug-likeness (QED) is 0.731. The third-order valence-corrected chi connectivity index (χ3v) is 2.56. The number of nitrogens with two attached hydrogens (primary N) is 1. The van der Waals surface area contributed by atoms with Crippen molar-refractivity contribution in [3.63, 3.8) is 0 Å². The molecule has 2 N–H and O–H groups in total. The van der Waals surface area contributed by atoms with Crippen molar-refractivity contribution >= 4 is 21.6 Å². The van der Waals surface area contributed by atoms with Crippen molar-refractivity contribution in [1.29, 1.82) is 0 Å². The van der Waals surface area contributed by atoms with Gasteiger partial charge in [-0.3, -0.25) is 0 Å². The van der Waals surface area contributed by atoms with E-state index in [1.165, 1.54) is 17.6 Å². The maximum Gasteiger partial charge on any atom is 0.133 e. The van der Waals surface area contributed by atoms with Gasteiger partial charge in [0.05, 0.1) is 15.8 Å². The first-order chi connectivity index (χ1) is 5.83. The van der Waals surface area contributed by atoms with E-state index in [0.717, 1.165) is 4.70 Å². The monoisotopic (exact) mass is 182 g/mol. The summed E-state index contributed by atoms with van der Waals surface area (Å²) in [5.74, 6) is -0.235. The maximum absolute atomic E-state index is 13.2. The Morgan fingerprint density at radius 2 is 2.33 bits per heavy atom. The topological polar surface area (TPSA) is 38.9 Å². The smallest absolute Gasteiger partial charge is 0.133 e. The van der Waals surface area contributed by atoms with Gasteiger partial charge in [0, 0.05) is 6.54 Å². The second-order valence-electron chi connectivity index (χ2n) is 2.45. The summed E-state index contributed by atoms with van der Waals surface area (Å²) in [4.78, 5) is 0. The molecule has 0 fully saturated rings. The summed E-state index contributed by atoms with van der Waals surface area (Å²) >= 11 is 1.28. The first-order valence-corrected chi connectivity index (χ1v) is 4.33. The van der Waals surface area contributed by atoms with Gasteiger partial charge in [0.2, 0.25) is 0 Å². The van der Waals surface area contributed by atoms with Crippen molar-refractivity contribution in [3.05, 3.63) is 29.7 Å². The third kappa shape index (κ3) is 1.00.